The predicted molar refractivity (Wildman–Crippen MR) is 289 cm³/mol. The van der Waals surface area contributed by atoms with Crippen LogP contribution in [0.3, 0.4) is 0 Å². The zero-order chi connectivity index (χ0) is 45.0. The Morgan fingerprint density at radius 2 is 0.868 bits per heavy atom. The highest BCUT2D eigenvalue weighted by Gasteiger charge is 2.41. The number of rotatable bonds is 9. The van der Waals surface area contributed by atoms with Crippen molar-refractivity contribution in [3.8, 4) is 16.8 Å². The standard InChI is InChI=1S/C64H44N2OSi/c1-4-20-50(21-5-1)68(51-22-6-2-7-23-51,52-24-8-3-9-25-52)53-41-38-48(39-42-53)65(47-36-34-46(35-37-47)55-29-16-19-45-18-10-11-26-54(45)55)60-31-17-32-61-64(60)57-28-12-14-30-59(57)66(61)49-40-43-63-58(44-49)56-27-13-15-33-62(56)67-63/h1-44H. The van der Waals surface area contributed by atoms with E-state index in [0.29, 0.717) is 0 Å². The van der Waals surface area contributed by atoms with Crippen molar-refractivity contribution in [1.82, 2.24) is 4.57 Å². The molecule has 0 fully saturated rings. The summed E-state index contributed by atoms with van der Waals surface area (Å²) in [5.41, 5.74) is 10.8. The minimum Gasteiger partial charge on any atom is -0.456 e. The molecule has 11 aromatic carbocycles. The van der Waals surface area contributed by atoms with Gasteiger partial charge in [0.25, 0.3) is 0 Å². The van der Waals surface area contributed by atoms with Crippen molar-refractivity contribution in [2.45, 2.75) is 0 Å². The molecule has 0 atom stereocenters. The van der Waals surface area contributed by atoms with Crippen molar-refractivity contribution in [1.29, 1.82) is 0 Å². The molecule has 0 saturated heterocycles. The molecule has 0 radical (unpaired) electrons. The summed E-state index contributed by atoms with van der Waals surface area (Å²) in [5.74, 6) is 0. The molecule has 0 N–H and O–H groups in total. The summed E-state index contributed by atoms with van der Waals surface area (Å²) >= 11 is 0. The maximum absolute atomic E-state index is 6.30. The maximum atomic E-state index is 6.30. The van der Waals surface area contributed by atoms with Gasteiger partial charge in [-0.1, -0.05) is 200 Å². The molecule has 0 aliphatic carbocycles. The molecule has 2 heterocycles. The Balaban J connectivity index is 1.03. The number of furan rings is 1. The first-order valence-corrected chi connectivity index (χ1v) is 25.3. The first-order valence-electron chi connectivity index (χ1n) is 23.3. The third-order valence-corrected chi connectivity index (χ3v) is 18.7. The van der Waals surface area contributed by atoms with Crippen LogP contribution in [-0.2, 0) is 0 Å². The van der Waals surface area contributed by atoms with Crippen LogP contribution >= 0.6 is 0 Å². The molecule has 320 valence electrons. The Morgan fingerprint density at radius 1 is 0.353 bits per heavy atom. The molecular weight excluding hydrogens is 841 g/mol. The number of aromatic nitrogens is 1. The van der Waals surface area contributed by atoms with Gasteiger partial charge >= 0.3 is 0 Å². The smallest absolute Gasteiger partial charge is 0.179 e. The van der Waals surface area contributed by atoms with Gasteiger partial charge < -0.3 is 13.9 Å². The SMILES string of the molecule is c1ccc([Si](c2ccccc2)(c2ccccc2)c2ccc(N(c3ccc(-c4cccc5ccccc45)cc3)c3cccc4c3c3ccccc3n4-c3ccc4oc5ccccc5c4c3)cc2)cc1. The monoisotopic (exact) mass is 884 g/mol. The van der Waals surface area contributed by atoms with Gasteiger partial charge in [-0.2, -0.15) is 0 Å². The lowest BCUT2D eigenvalue weighted by Crippen LogP contribution is -2.74. The molecule has 0 spiro atoms. The van der Waals surface area contributed by atoms with Crippen LogP contribution in [0.2, 0.25) is 0 Å². The van der Waals surface area contributed by atoms with Crippen LogP contribution in [0.15, 0.2) is 271 Å². The van der Waals surface area contributed by atoms with E-state index in [1.807, 2.05) is 12.1 Å². The maximum Gasteiger partial charge on any atom is 0.179 e. The Kier molecular flexibility index (Phi) is 9.51. The molecule has 3 nitrogen and oxygen atoms in total. The summed E-state index contributed by atoms with van der Waals surface area (Å²) in [6.45, 7) is 0. The van der Waals surface area contributed by atoms with E-state index in [-0.39, 0.29) is 0 Å². The highest BCUT2D eigenvalue weighted by Crippen LogP contribution is 2.45. The van der Waals surface area contributed by atoms with Gasteiger partial charge in [0.05, 0.1) is 16.7 Å². The summed E-state index contributed by atoms with van der Waals surface area (Å²) in [7, 11) is -2.76. The molecule has 0 saturated carbocycles. The number of benzene rings is 11. The summed E-state index contributed by atoms with van der Waals surface area (Å²) in [4.78, 5) is 2.46. The fourth-order valence-electron chi connectivity index (χ4n) is 10.9. The van der Waals surface area contributed by atoms with Crippen molar-refractivity contribution >= 4 is 100 Å². The van der Waals surface area contributed by atoms with Gasteiger partial charge in [-0.15, -0.1) is 0 Å². The summed E-state index contributed by atoms with van der Waals surface area (Å²) in [6.07, 6.45) is 0. The Hall–Kier alpha value is -8.70. The van der Waals surface area contributed by atoms with Crippen LogP contribution in [0.4, 0.5) is 17.1 Å². The third kappa shape index (κ3) is 6.34. The van der Waals surface area contributed by atoms with Crippen LogP contribution in [0.1, 0.15) is 0 Å². The minimum atomic E-state index is -2.76. The van der Waals surface area contributed by atoms with Gasteiger partial charge in [-0.3, -0.25) is 0 Å². The number of hydrogen-bond donors (Lipinski definition) is 0. The van der Waals surface area contributed by atoms with E-state index in [4.69, 9.17) is 4.42 Å². The molecule has 2 aromatic heterocycles. The topological polar surface area (TPSA) is 21.3 Å². The zero-order valence-corrected chi connectivity index (χ0v) is 38.2. The van der Waals surface area contributed by atoms with Crippen LogP contribution in [0, 0.1) is 0 Å². The Labute approximate surface area is 396 Å². The zero-order valence-electron chi connectivity index (χ0n) is 37.2. The number of hydrogen-bond acceptors (Lipinski definition) is 2. The molecule has 0 amide bonds. The van der Waals surface area contributed by atoms with Gasteiger partial charge in [-0.25, -0.2) is 0 Å². The average molecular weight is 885 g/mol. The summed E-state index contributed by atoms with van der Waals surface area (Å²) in [6, 6.07) is 97.8. The highest BCUT2D eigenvalue weighted by atomic mass is 28.3. The van der Waals surface area contributed by atoms with Gasteiger partial charge in [0.15, 0.2) is 8.07 Å². The van der Waals surface area contributed by atoms with Gasteiger partial charge in [0.1, 0.15) is 11.2 Å². The second kappa shape index (κ2) is 16.3. The molecule has 4 heteroatoms. The van der Waals surface area contributed by atoms with Crippen LogP contribution in [0.25, 0.3) is 71.3 Å². The van der Waals surface area contributed by atoms with Gasteiger partial charge in [0, 0.05) is 38.6 Å². The number of anilines is 3. The Bertz CT molecular complexity index is 3850. The van der Waals surface area contributed by atoms with E-state index in [9.17, 15) is 0 Å². The van der Waals surface area contributed by atoms with E-state index in [1.54, 1.807) is 0 Å². The largest absolute Gasteiger partial charge is 0.456 e. The lowest BCUT2D eigenvalue weighted by Gasteiger charge is -2.35. The number of para-hydroxylation sites is 2. The van der Waals surface area contributed by atoms with Gasteiger partial charge in [-0.05, 0) is 109 Å². The molecular formula is C64H44N2OSi. The first kappa shape index (κ1) is 39.6. The molecule has 0 aliphatic heterocycles. The lowest BCUT2D eigenvalue weighted by atomic mass is 9.98. The molecule has 0 bridgehead atoms. The summed E-state index contributed by atoms with van der Waals surface area (Å²) in [5, 5.41) is 12.5. The number of nitrogens with zero attached hydrogens (tertiary/aromatic N) is 2. The predicted octanol–water partition coefficient (Wildman–Crippen LogP) is 14.4. The first-order chi connectivity index (χ1) is 33.7. The summed E-state index contributed by atoms with van der Waals surface area (Å²) < 4.78 is 8.71. The lowest BCUT2D eigenvalue weighted by molar-refractivity contribution is 0.669. The van der Waals surface area contributed by atoms with Crippen LogP contribution in [-0.4, -0.2) is 12.6 Å². The van der Waals surface area contributed by atoms with E-state index < -0.39 is 8.07 Å². The average Bonchev–Trinajstić information content (AvgIpc) is 3.96. The fraction of sp³-hybridized carbons (Fsp3) is 0. The van der Waals surface area contributed by atoms with Crippen molar-refractivity contribution < 1.29 is 4.42 Å². The quantitative estimate of drug-likeness (QED) is 0.106. The van der Waals surface area contributed by atoms with Crippen LogP contribution in [0.5, 0.6) is 0 Å². The third-order valence-electron chi connectivity index (χ3n) is 13.9. The van der Waals surface area contributed by atoms with E-state index in [1.165, 1.54) is 53.4 Å². The van der Waals surface area contributed by atoms with E-state index >= 15 is 0 Å². The van der Waals surface area contributed by atoms with Crippen molar-refractivity contribution in [2.75, 3.05) is 4.90 Å². The normalized spacial score (nSPS) is 11.8. The molecule has 0 unspecified atom stereocenters. The molecule has 0 aliphatic rings. The Morgan fingerprint density at radius 3 is 1.56 bits per heavy atom. The second-order valence-corrected chi connectivity index (χ2v) is 21.4. The van der Waals surface area contributed by atoms with E-state index in [0.717, 1.165) is 55.7 Å². The molecule has 13 aromatic rings. The van der Waals surface area contributed by atoms with Crippen LogP contribution < -0.4 is 25.6 Å². The molecule has 13 rings (SSSR count). The number of fused-ring (bicyclic) bond motifs is 7. The van der Waals surface area contributed by atoms with E-state index in [2.05, 4.69) is 264 Å². The van der Waals surface area contributed by atoms with Crippen molar-refractivity contribution in [3.63, 3.8) is 0 Å². The van der Waals surface area contributed by atoms with Crippen molar-refractivity contribution in [2.24, 2.45) is 0 Å². The second-order valence-electron chi connectivity index (χ2n) is 17.6. The fourth-order valence-corrected chi connectivity index (χ4v) is 15.7. The molecule has 68 heavy (non-hydrogen) atoms. The highest BCUT2D eigenvalue weighted by molar-refractivity contribution is 7.19. The van der Waals surface area contributed by atoms with Gasteiger partial charge in [0.2, 0.25) is 0 Å². The minimum absolute atomic E-state index is 0.886. The van der Waals surface area contributed by atoms with Crippen molar-refractivity contribution in [3.05, 3.63) is 267 Å².